The van der Waals surface area contributed by atoms with Crippen LogP contribution in [0.15, 0.2) is 30.3 Å². The second-order valence-electron chi connectivity index (χ2n) is 5.63. The van der Waals surface area contributed by atoms with Gasteiger partial charge in [0.1, 0.15) is 0 Å². The standard InChI is InChI=1S/C16H24N2O2.ClH/c1-12(17)8-9-16(19)18-10-13(2)20-11-15(18)14-6-4-3-5-7-14;/h3-7,12-13,15H,8-11,17H2,1-2H3;1H. The molecule has 1 heterocycles. The topological polar surface area (TPSA) is 55.6 Å². The number of morpholine rings is 1. The van der Waals surface area contributed by atoms with Crippen LogP contribution in [-0.4, -0.2) is 36.1 Å². The van der Waals surface area contributed by atoms with Crippen molar-refractivity contribution in [3.05, 3.63) is 35.9 Å². The van der Waals surface area contributed by atoms with Gasteiger partial charge in [0.25, 0.3) is 0 Å². The number of hydrogen-bond acceptors (Lipinski definition) is 3. The monoisotopic (exact) mass is 312 g/mol. The van der Waals surface area contributed by atoms with Gasteiger partial charge in [0.05, 0.1) is 18.8 Å². The number of nitrogens with zero attached hydrogens (tertiary/aromatic N) is 1. The molecule has 0 saturated carbocycles. The highest BCUT2D eigenvalue weighted by atomic mass is 35.5. The molecule has 0 radical (unpaired) electrons. The molecule has 0 spiro atoms. The quantitative estimate of drug-likeness (QED) is 0.929. The van der Waals surface area contributed by atoms with Crippen LogP contribution < -0.4 is 5.73 Å². The molecule has 3 atom stereocenters. The lowest BCUT2D eigenvalue weighted by atomic mass is 10.0. The van der Waals surface area contributed by atoms with Gasteiger partial charge in [0.15, 0.2) is 0 Å². The Morgan fingerprint density at radius 2 is 2.10 bits per heavy atom. The van der Waals surface area contributed by atoms with Gasteiger partial charge in [-0.15, -0.1) is 12.4 Å². The van der Waals surface area contributed by atoms with E-state index in [1.807, 2.05) is 36.9 Å². The van der Waals surface area contributed by atoms with E-state index in [2.05, 4.69) is 12.1 Å². The largest absolute Gasteiger partial charge is 0.374 e. The van der Waals surface area contributed by atoms with Crippen molar-refractivity contribution in [2.45, 2.75) is 44.9 Å². The number of carbonyl (C=O) groups is 1. The Hall–Kier alpha value is -1.10. The SMILES string of the molecule is CC(N)CCC(=O)N1CC(C)OCC1c1ccccc1.Cl. The van der Waals surface area contributed by atoms with Crippen molar-refractivity contribution in [2.75, 3.05) is 13.2 Å². The predicted molar refractivity (Wildman–Crippen MR) is 86.4 cm³/mol. The molecule has 118 valence electrons. The second-order valence-corrected chi connectivity index (χ2v) is 5.63. The van der Waals surface area contributed by atoms with Gasteiger partial charge in [0, 0.05) is 19.0 Å². The molecule has 2 rings (SSSR count). The molecule has 1 saturated heterocycles. The summed E-state index contributed by atoms with van der Waals surface area (Å²) in [6.45, 7) is 5.16. The number of carbonyl (C=O) groups excluding carboxylic acids is 1. The zero-order valence-electron chi connectivity index (χ0n) is 12.7. The van der Waals surface area contributed by atoms with E-state index < -0.39 is 0 Å². The maximum atomic E-state index is 12.4. The van der Waals surface area contributed by atoms with E-state index in [-0.39, 0.29) is 36.5 Å². The smallest absolute Gasteiger partial charge is 0.223 e. The molecule has 1 aliphatic heterocycles. The summed E-state index contributed by atoms with van der Waals surface area (Å²) in [5.74, 6) is 0.173. The lowest BCUT2D eigenvalue weighted by Gasteiger charge is -2.39. The predicted octanol–water partition coefficient (Wildman–Crippen LogP) is 2.52. The molecule has 1 fully saturated rings. The molecule has 1 aromatic rings. The summed E-state index contributed by atoms with van der Waals surface area (Å²) in [6, 6.07) is 10.2. The van der Waals surface area contributed by atoms with Crippen LogP contribution in [-0.2, 0) is 9.53 Å². The molecular formula is C16H25ClN2O2. The van der Waals surface area contributed by atoms with Crippen molar-refractivity contribution in [1.82, 2.24) is 4.90 Å². The average molecular weight is 313 g/mol. The van der Waals surface area contributed by atoms with Gasteiger partial charge in [-0.2, -0.15) is 0 Å². The van der Waals surface area contributed by atoms with E-state index in [4.69, 9.17) is 10.5 Å². The third-order valence-electron chi connectivity index (χ3n) is 3.69. The van der Waals surface area contributed by atoms with Crippen LogP contribution in [0, 0.1) is 0 Å². The number of hydrogen-bond donors (Lipinski definition) is 1. The van der Waals surface area contributed by atoms with E-state index in [0.717, 1.165) is 12.0 Å². The second kappa shape index (κ2) is 8.37. The fourth-order valence-electron chi connectivity index (χ4n) is 2.52. The van der Waals surface area contributed by atoms with E-state index >= 15 is 0 Å². The van der Waals surface area contributed by atoms with E-state index in [1.54, 1.807) is 0 Å². The molecule has 5 heteroatoms. The number of benzene rings is 1. The van der Waals surface area contributed by atoms with Crippen LogP contribution in [0.25, 0.3) is 0 Å². The Bertz CT molecular complexity index is 439. The molecule has 3 unspecified atom stereocenters. The van der Waals surface area contributed by atoms with Crippen LogP contribution in [0.2, 0.25) is 0 Å². The minimum atomic E-state index is 0. The van der Waals surface area contributed by atoms with E-state index in [1.165, 1.54) is 0 Å². The van der Waals surface area contributed by atoms with Crippen molar-refractivity contribution >= 4 is 18.3 Å². The minimum absolute atomic E-state index is 0. The summed E-state index contributed by atoms with van der Waals surface area (Å²) in [4.78, 5) is 14.4. The fourth-order valence-corrected chi connectivity index (χ4v) is 2.52. The molecule has 21 heavy (non-hydrogen) atoms. The van der Waals surface area contributed by atoms with Crippen molar-refractivity contribution in [1.29, 1.82) is 0 Å². The zero-order valence-corrected chi connectivity index (χ0v) is 13.5. The summed E-state index contributed by atoms with van der Waals surface area (Å²) >= 11 is 0. The van der Waals surface area contributed by atoms with Crippen LogP contribution >= 0.6 is 12.4 Å². The molecule has 0 bridgehead atoms. The number of nitrogens with two attached hydrogens (primary N) is 1. The maximum Gasteiger partial charge on any atom is 0.223 e. The first-order valence-electron chi connectivity index (χ1n) is 7.29. The molecule has 0 aliphatic carbocycles. The van der Waals surface area contributed by atoms with E-state index in [9.17, 15) is 4.79 Å². The Morgan fingerprint density at radius 1 is 1.43 bits per heavy atom. The van der Waals surface area contributed by atoms with Crippen LogP contribution in [0.1, 0.15) is 38.3 Å². The highest BCUT2D eigenvalue weighted by Gasteiger charge is 2.31. The zero-order chi connectivity index (χ0) is 14.5. The molecule has 1 aliphatic rings. The number of amides is 1. The Labute approximate surface area is 133 Å². The van der Waals surface area contributed by atoms with Crippen molar-refractivity contribution in [3.63, 3.8) is 0 Å². The molecule has 1 amide bonds. The highest BCUT2D eigenvalue weighted by Crippen LogP contribution is 2.27. The summed E-state index contributed by atoms with van der Waals surface area (Å²) in [6.07, 6.45) is 1.33. The normalized spacial score (nSPS) is 23.3. The highest BCUT2D eigenvalue weighted by molar-refractivity contribution is 5.85. The molecule has 4 nitrogen and oxygen atoms in total. The van der Waals surface area contributed by atoms with Gasteiger partial charge < -0.3 is 15.4 Å². The van der Waals surface area contributed by atoms with Crippen molar-refractivity contribution < 1.29 is 9.53 Å². The first-order chi connectivity index (χ1) is 9.58. The lowest BCUT2D eigenvalue weighted by molar-refractivity contribution is -0.144. The van der Waals surface area contributed by atoms with Gasteiger partial charge >= 0.3 is 0 Å². The summed E-state index contributed by atoms with van der Waals surface area (Å²) < 4.78 is 5.73. The average Bonchev–Trinajstić information content (AvgIpc) is 2.45. The summed E-state index contributed by atoms with van der Waals surface area (Å²) in [5, 5.41) is 0. The maximum absolute atomic E-state index is 12.4. The number of halogens is 1. The minimum Gasteiger partial charge on any atom is -0.374 e. The summed E-state index contributed by atoms with van der Waals surface area (Å²) in [7, 11) is 0. The van der Waals surface area contributed by atoms with Crippen LogP contribution in [0.3, 0.4) is 0 Å². The van der Waals surface area contributed by atoms with Gasteiger partial charge in [-0.3, -0.25) is 4.79 Å². The molecule has 0 aromatic heterocycles. The van der Waals surface area contributed by atoms with Gasteiger partial charge in [-0.25, -0.2) is 0 Å². The van der Waals surface area contributed by atoms with Crippen molar-refractivity contribution in [2.24, 2.45) is 5.73 Å². The van der Waals surface area contributed by atoms with Crippen LogP contribution in [0.4, 0.5) is 0 Å². The third-order valence-corrected chi connectivity index (χ3v) is 3.69. The number of rotatable bonds is 4. The van der Waals surface area contributed by atoms with Crippen molar-refractivity contribution in [3.8, 4) is 0 Å². The first-order valence-corrected chi connectivity index (χ1v) is 7.29. The van der Waals surface area contributed by atoms with Gasteiger partial charge in [0.2, 0.25) is 5.91 Å². The Morgan fingerprint density at radius 3 is 2.71 bits per heavy atom. The molecule has 1 aromatic carbocycles. The lowest BCUT2D eigenvalue weighted by Crippen LogP contribution is -2.47. The first kappa shape index (κ1) is 18.0. The Kier molecular flexibility index (Phi) is 7.15. The van der Waals surface area contributed by atoms with Gasteiger partial charge in [-0.1, -0.05) is 30.3 Å². The Balaban J connectivity index is 0.00000220. The molecule has 2 N–H and O–H groups in total. The van der Waals surface area contributed by atoms with Gasteiger partial charge in [-0.05, 0) is 25.8 Å². The van der Waals surface area contributed by atoms with E-state index in [0.29, 0.717) is 19.6 Å². The summed E-state index contributed by atoms with van der Waals surface area (Å²) in [5.41, 5.74) is 6.88. The number of ether oxygens (including phenoxy) is 1. The molecular weight excluding hydrogens is 288 g/mol. The fraction of sp³-hybridized carbons (Fsp3) is 0.562. The third kappa shape index (κ3) is 4.99. The van der Waals surface area contributed by atoms with Crippen LogP contribution in [0.5, 0.6) is 0 Å².